The highest BCUT2D eigenvalue weighted by Gasteiger charge is 2.18. The number of rotatable bonds is 3. The lowest BCUT2D eigenvalue weighted by Gasteiger charge is -2.05. The van der Waals surface area contributed by atoms with E-state index in [2.05, 4.69) is 15.1 Å². The normalized spacial score (nSPS) is 11.0. The number of carbonyl (C=O) groups is 1. The van der Waals surface area contributed by atoms with E-state index < -0.39 is 5.97 Å². The highest BCUT2D eigenvalue weighted by Crippen LogP contribution is 2.16. The molecular weight excluding hydrogens is 294 g/mol. The van der Waals surface area contributed by atoms with Crippen molar-refractivity contribution in [3.05, 3.63) is 41.2 Å². The third-order valence-corrected chi connectivity index (χ3v) is 3.14. The van der Waals surface area contributed by atoms with Crippen LogP contribution >= 0.6 is 11.6 Å². The first-order valence-electron chi connectivity index (χ1n) is 6.33. The molecule has 0 aliphatic heterocycles. The molecule has 0 saturated heterocycles. The van der Waals surface area contributed by atoms with Gasteiger partial charge in [-0.2, -0.15) is 5.10 Å². The number of halogens is 1. The summed E-state index contributed by atoms with van der Waals surface area (Å²) in [4.78, 5) is 20.4. The zero-order chi connectivity index (χ0) is 15.0. The lowest BCUT2D eigenvalue weighted by molar-refractivity contribution is 0.0522. The summed E-state index contributed by atoms with van der Waals surface area (Å²) in [5.74, 6) is 0.0560. The van der Waals surface area contributed by atoms with E-state index in [1.807, 2.05) is 13.0 Å². The minimum Gasteiger partial charge on any atom is -0.461 e. The maximum atomic E-state index is 11.9. The molecule has 3 heterocycles. The number of nitrogens with zero attached hydrogens (tertiary/aromatic N) is 5. The van der Waals surface area contributed by atoms with Crippen molar-refractivity contribution in [3.63, 3.8) is 0 Å². The second-order valence-corrected chi connectivity index (χ2v) is 4.73. The number of aryl methyl sites for hydroxylation is 1. The summed E-state index contributed by atoms with van der Waals surface area (Å²) in [6.45, 7) is 3.91. The second-order valence-electron chi connectivity index (χ2n) is 4.35. The van der Waals surface area contributed by atoms with Gasteiger partial charge in [-0.1, -0.05) is 11.6 Å². The summed E-state index contributed by atoms with van der Waals surface area (Å²) in [7, 11) is 0. The lowest BCUT2D eigenvalue weighted by atomic mass is 10.4. The Morgan fingerprint density at radius 3 is 2.95 bits per heavy atom. The van der Waals surface area contributed by atoms with Crippen molar-refractivity contribution in [1.82, 2.24) is 24.1 Å². The number of aromatic nitrogens is 5. The summed E-state index contributed by atoms with van der Waals surface area (Å²) in [5.41, 5.74) is 1.47. The van der Waals surface area contributed by atoms with E-state index in [0.717, 1.165) is 5.69 Å². The molecule has 3 aromatic heterocycles. The minimum absolute atomic E-state index is 0.181. The van der Waals surface area contributed by atoms with Gasteiger partial charge >= 0.3 is 5.97 Å². The Kier molecular flexibility index (Phi) is 3.34. The Hall–Kier alpha value is -2.41. The summed E-state index contributed by atoms with van der Waals surface area (Å²) in [5, 5.41) is 4.47. The Balaban J connectivity index is 2.17. The summed E-state index contributed by atoms with van der Waals surface area (Å²) in [6, 6.07) is 3.48. The van der Waals surface area contributed by atoms with Crippen LogP contribution in [0.15, 0.2) is 24.7 Å². The Bertz CT molecular complexity index is 823. The maximum absolute atomic E-state index is 11.9. The number of esters is 1. The third kappa shape index (κ3) is 2.36. The first-order chi connectivity index (χ1) is 10.1. The van der Waals surface area contributed by atoms with Crippen LogP contribution in [0.2, 0.25) is 5.15 Å². The molecule has 0 spiro atoms. The molecule has 0 saturated carbocycles. The fourth-order valence-corrected chi connectivity index (χ4v) is 2.13. The van der Waals surface area contributed by atoms with Gasteiger partial charge in [0.1, 0.15) is 6.33 Å². The van der Waals surface area contributed by atoms with E-state index >= 15 is 0 Å². The SMILES string of the molecule is CCOC(=O)c1ncn2c(C)cc(-n3ccc(Cl)n3)nc12. The zero-order valence-corrected chi connectivity index (χ0v) is 12.2. The Morgan fingerprint density at radius 1 is 1.48 bits per heavy atom. The second kappa shape index (κ2) is 5.17. The molecule has 0 N–H and O–H groups in total. The summed E-state index contributed by atoms with van der Waals surface area (Å²) in [6.07, 6.45) is 3.24. The molecular formula is C13H12ClN5O2. The number of ether oxygens (including phenoxy) is 1. The summed E-state index contributed by atoms with van der Waals surface area (Å²) >= 11 is 5.82. The number of hydrogen-bond donors (Lipinski definition) is 0. The molecule has 0 atom stereocenters. The van der Waals surface area contributed by atoms with Crippen molar-refractivity contribution in [2.75, 3.05) is 6.61 Å². The van der Waals surface area contributed by atoms with Crippen LogP contribution in [0.3, 0.4) is 0 Å². The minimum atomic E-state index is -0.498. The van der Waals surface area contributed by atoms with Crippen molar-refractivity contribution in [2.24, 2.45) is 0 Å². The fourth-order valence-electron chi connectivity index (χ4n) is 1.99. The predicted molar refractivity (Wildman–Crippen MR) is 75.8 cm³/mol. The van der Waals surface area contributed by atoms with Crippen molar-refractivity contribution in [3.8, 4) is 5.82 Å². The third-order valence-electron chi connectivity index (χ3n) is 2.94. The van der Waals surface area contributed by atoms with Crippen LogP contribution < -0.4 is 0 Å². The van der Waals surface area contributed by atoms with Crippen LogP contribution in [-0.4, -0.2) is 36.7 Å². The largest absolute Gasteiger partial charge is 0.461 e. The molecule has 7 nitrogen and oxygen atoms in total. The lowest BCUT2D eigenvalue weighted by Crippen LogP contribution is -2.08. The number of fused-ring (bicyclic) bond motifs is 1. The highest BCUT2D eigenvalue weighted by atomic mass is 35.5. The van der Waals surface area contributed by atoms with Gasteiger partial charge in [-0.05, 0) is 19.9 Å². The average Bonchev–Trinajstić information content (AvgIpc) is 3.05. The standard InChI is InChI=1S/C13H12ClN5O2/c1-3-21-13(20)11-12-16-10(19-5-4-9(14)17-19)6-8(2)18(12)7-15-11/h4-7H,3H2,1-2H3. The van der Waals surface area contributed by atoms with E-state index in [1.54, 1.807) is 29.9 Å². The van der Waals surface area contributed by atoms with Crippen LogP contribution in [0.1, 0.15) is 23.1 Å². The van der Waals surface area contributed by atoms with E-state index in [4.69, 9.17) is 16.3 Å². The van der Waals surface area contributed by atoms with Crippen molar-refractivity contribution >= 4 is 23.2 Å². The number of carbonyl (C=O) groups excluding carboxylic acids is 1. The number of hydrogen-bond acceptors (Lipinski definition) is 5. The molecule has 21 heavy (non-hydrogen) atoms. The molecule has 0 fully saturated rings. The fraction of sp³-hybridized carbons (Fsp3) is 0.231. The first kappa shape index (κ1) is 13.6. The van der Waals surface area contributed by atoms with Gasteiger partial charge in [0.2, 0.25) is 0 Å². The van der Waals surface area contributed by atoms with Crippen LogP contribution in [0.25, 0.3) is 11.5 Å². The van der Waals surface area contributed by atoms with E-state index in [-0.39, 0.29) is 12.3 Å². The number of imidazole rings is 1. The van der Waals surface area contributed by atoms with E-state index in [0.29, 0.717) is 16.6 Å². The van der Waals surface area contributed by atoms with Crippen LogP contribution in [0.5, 0.6) is 0 Å². The van der Waals surface area contributed by atoms with Gasteiger partial charge in [0.25, 0.3) is 0 Å². The molecule has 0 aliphatic rings. The molecule has 0 amide bonds. The Labute approximate surface area is 125 Å². The first-order valence-corrected chi connectivity index (χ1v) is 6.71. The molecule has 0 aliphatic carbocycles. The van der Waals surface area contributed by atoms with Crippen LogP contribution in [0, 0.1) is 6.92 Å². The zero-order valence-electron chi connectivity index (χ0n) is 11.4. The van der Waals surface area contributed by atoms with Gasteiger partial charge in [0, 0.05) is 18.0 Å². The van der Waals surface area contributed by atoms with Crippen LogP contribution in [-0.2, 0) is 4.74 Å². The van der Waals surface area contributed by atoms with Gasteiger partial charge in [0.15, 0.2) is 22.3 Å². The average molecular weight is 306 g/mol. The maximum Gasteiger partial charge on any atom is 0.360 e. The van der Waals surface area contributed by atoms with Gasteiger partial charge in [0.05, 0.1) is 6.61 Å². The molecule has 0 aromatic carbocycles. The highest BCUT2D eigenvalue weighted by molar-refractivity contribution is 6.29. The van der Waals surface area contributed by atoms with E-state index in [1.165, 1.54) is 4.68 Å². The van der Waals surface area contributed by atoms with Gasteiger partial charge < -0.3 is 4.74 Å². The summed E-state index contributed by atoms with van der Waals surface area (Å²) < 4.78 is 8.25. The van der Waals surface area contributed by atoms with Crippen molar-refractivity contribution < 1.29 is 9.53 Å². The van der Waals surface area contributed by atoms with Gasteiger partial charge in [-0.15, -0.1) is 0 Å². The molecule has 8 heteroatoms. The van der Waals surface area contributed by atoms with E-state index in [9.17, 15) is 4.79 Å². The van der Waals surface area contributed by atoms with Crippen molar-refractivity contribution in [1.29, 1.82) is 0 Å². The van der Waals surface area contributed by atoms with Gasteiger partial charge in [-0.25, -0.2) is 19.4 Å². The molecule has 3 rings (SSSR count). The van der Waals surface area contributed by atoms with Gasteiger partial charge in [-0.3, -0.25) is 4.40 Å². The van der Waals surface area contributed by atoms with Crippen molar-refractivity contribution in [2.45, 2.75) is 13.8 Å². The Morgan fingerprint density at radius 2 is 2.29 bits per heavy atom. The van der Waals surface area contributed by atoms with Crippen LogP contribution in [0.4, 0.5) is 0 Å². The smallest absolute Gasteiger partial charge is 0.360 e. The molecule has 3 aromatic rings. The molecule has 0 unspecified atom stereocenters. The molecule has 108 valence electrons. The topological polar surface area (TPSA) is 74.3 Å². The molecule has 0 radical (unpaired) electrons. The quantitative estimate of drug-likeness (QED) is 0.692. The monoisotopic (exact) mass is 305 g/mol. The predicted octanol–water partition coefficient (Wildman–Crippen LogP) is 2.05. The molecule has 0 bridgehead atoms.